The second-order valence-corrected chi connectivity index (χ2v) is 5.63. The summed E-state index contributed by atoms with van der Waals surface area (Å²) in [5.41, 5.74) is 1.78. The van der Waals surface area contributed by atoms with E-state index in [1.165, 1.54) is 0 Å². The highest BCUT2D eigenvalue weighted by atomic mass is 32.2. The summed E-state index contributed by atoms with van der Waals surface area (Å²) in [5, 5.41) is 5.78. The summed E-state index contributed by atoms with van der Waals surface area (Å²) >= 11 is 0. The van der Waals surface area contributed by atoms with Gasteiger partial charge in [-0.15, -0.1) is 0 Å². The van der Waals surface area contributed by atoms with E-state index in [4.69, 9.17) is 9.56 Å². The van der Waals surface area contributed by atoms with Crippen molar-refractivity contribution in [3.8, 4) is 11.1 Å². The molecule has 4 nitrogen and oxygen atoms in total. The van der Waals surface area contributed by atoms with Crippen LogP contribution in [-0.2, 0) is 10.0 Å². The summed E-state index contributed by atoms with van der Waals surface area (Å²) in [6.45, 7) is 0. The average molecular weight is 273 g/mol. The van der Waals surface area contributed by atoms with Gasteiger partial charge in [0, 0.05) is 10.9 Å². The van der Waals surface area contributed by atoms with Crippen molar-refractivity contribution >= 4 is 21.0 Å². The highest BCUT2D eigenvalue weighted by Gasteiger charge is 2.23. The Labute approximate surface area is 110 Å². The molecule has 5 heteroatoms. The largest absolute Gasteiger partial charge is 0.443 e. The highest BCUT2D eigenvalue weighted by Crippen LogP contribution is 2.36. The lowest BCUT2D eigenvalue weighted by atomic mass is 10.1. The van der Waals surface area contributed by atoms with Gasteiger partial charge in [-0.2, -0.15) is 0 Å². The number of rotatable bonds is 2. The summed E-state index contributed by atoms with van der Waals surface area (Å²) < 4.78 is 28.8. The molecule has 0 aliphatic carbocycles. The summed E-state index contributed by atoms with van der Waals surface area (Å²) in [5.74, 6) is 0. The van der Waals surface area contributed by atoms with Crippen molar-refractivity contribution < 1.29 is 12.8 Å². The van der Waals surface area contributed by atoms with E-state index in [9.17, 15) is 8.42 Å². The Morgan fingerprint density at radius 3 is 2.21 bits per heavy atom. The third-order valence-electron chi connectivity index (χ3n) is 2.88. The van der Waals surface area contributed by atoms with Crippen LogP contribution in [-0.4, -0.2) is 8.42 Å². The number of primary sulfonamides is 1. The first kappa shape index (κ1) is 12.0. The van der Waals surface area contributed by atoms with Crippen LogP contribution in [0.25, 0.3) is 22.1 Å². The van der Waals surface area contributed by atoms with Gasteiger partial charge in [-0.05, 0) is 11.6 Å². The zero-order valence-corrected chi connectivity index (χ0v) is 10.7. The molecule has 0 amide bonds. The molecular weight excluding hydrogens is 262 g/mol. The Balaban J connectivity index is 2.45. The quantitative estimate of drug-likeness (QED) is 0.780. The van der Waals surface area contributed by atoms with Crippen molar-refractivity contribution in [1.29, 1.82) is 0 Å². The molecular formula is C14H11NO3S. The number of sulfonamides is 1. The molecule has 1 aromatic heterocycles. The normalized spacial score (nSPS) is 11.8. The van der Waals surface area contributed by atoms with Crippen LogP contribution in [0.4, 0.5) is 0 Å². The van der Waals surface area contributed by atoms with Crippen molar-refractivity contribution in [3.63, 3.8) is 0 Å². The SMILES string of the molecule is NS(=O)(=O)c1oc2ccccc2c1-c1ccccc1. The van der Waals surface area contributed by atoms with Crippen molar-refractivity contribution in [2.45, 2.75) is 5.09 Å². The fraction of sp³-hybridized carbons (Fsp3) is 0. The first-order valence-electron chi connectivity index (χ1n) is 5.67. The van der Waals surface area contributed by atoms with Gasteiger partial charge in [0.25, 0.3) is 10.0 Å². The van der Waals surface area contributed by atoms with Crippen LogP contribution in [0, 0.1) is 0 Å². The third kappa shape index (κ3) is 2.03. The molecule has 0 aliphatic heterocycles. The Morgan fingerprint density at radius 1 is 0.895 bits per heavy atom. The maximum atomic E-state index is 11.7. The van der Waals surface area contributed by atoms with Gasteiger partial charge in [-0.25, -0.2) is 13.6 Å². The topological polar surface area (TPSA) is 73.3 Å². The van der Waals surface area contributed by atoms with E-state index >= 15 is 0 Å². The summed E-state index contributed by atoms with van der Waals surface area (Å²) in [7, 11) is -3.91. The van der Waals surface area contributed by atoms with Crippen molar-refractivity contribution in [3.05, 3.63) is 54.6 Å². The first-order valence-corrected chi connectivity index (χ1v) is 7.22. The van der Waals surface area contributed by atoms with Crippen molar-refractivity contribution in [1.82, 2.24) is 0 Å². The smallest absolute Gasteiger partial charge is 0.272 e. The minimum Gasteiger partial charge on any atom is -0.443 e. The summed E-state index contributed by atoms with van der Waals surface area (Å²) in [6.07, 6.45) is 0. The minimum atomic E-state index is -3.91. The average Bonchev–Trinajstić information content (AvgIpc) is 2.79. The molecule has 2 aromatic carbocycles. The number of furan rings is 1. The number of para-hydroxylation sites is 1. The molecule has 0 spiro atoms. The lowest BCUT2D eigenvalue weighted by molar-refractivity contribution is 0.484. The van der Waals surface area contributed by atoms with Crippen molar-refractivity contribution in [2.75, 3.05) is 0 Å². The fourth-order valence-electron chi connectivity index (χ4n) is 2.10. The first-order chi connectivity index (χ1) is 9.07. The summed E-state index contributed by atoms with van der Waals surface area (Å²) in [6, 6.07) is 16.3. The monoisotopic (exact) mass is 273 g/mol. The maximum Gasteiger partial charge on any atom is 0.272 e. The Bertz CT molecular complexity index is 836. The molecule has 0 fully saturated rings. The lowest BCUT2D eigenvalue weighted by Gasteiger charge is -2.01. The van der Waals surface area contributed by atoms with Crippen LogP contribution in [0.15, 0.2) is 64.1 Å². The van der Waals surface area contributed by atoms with Crippen LogP contribution in [0.2, 0.25) is 0 Å². The molecule has 0 saturated heterocycles. The van der Waals surface area contributed by atoms with Gasteiger partial charge >= 0.3 is 0 Å². The molecule has 0 bridgehead atoms. The van der Waals surface area contributed by atoms with E-state index in [1.807, 2.05) is 42.5 Å². The van der Waals surface area contributed by atoms with Gasteiger partial charge in [0.05, 0.1) is 0 Å². The van der Waals surface area contributed by atoms with Crippen LogP contribution in [0.3, 0.4) is 0 Å². The number of fused-ring (bicyclic) bond motifs is 1. The molecule has 0 atom stereocenters. The second-order valence-electron chi connectivity index (χ2n) is 4.17. The second kappa shape index (κ2) is 4.22. The maximum absolute atomic E-state index is 11.7. The van der Waals surface area contributed by atoms with E-state index in [2.05, 4.69) is 0 Å². The standard InChI is InChI=1S/C14H11NO3S/c15-19(16,17)14-13(10-6-2-1-3-7-10)11-8-4-5-9-12(11)18-14/h1-9H,(H2,15,16,17). The molecule has 3 rings (SSSR count). The summed E-state index contributed by atoms with van der Waals surface area (Å²) in [4.78, 5) is 0. The van der Waals surface area contributed by atoms with Crippen LogP contribution >= 0.6 is 0 Å². The van der Waals surface area contributed by atoms with Gasteiger partial charge in [0.15, 0.2) is 0 Å². The highest BCUT2D eigenvalue weighted by molar-refractivity contribution is 7.89. The molecule has 96 valence electrons. The molecule has 0 unspecified atom stereocenters. The predicted octanol–water partition coefficient (Wildman–Crippen LogP) is 2.75. The van der Waals surface area contributed by atoms with Gasteiger partial charge in [0.2, 0.25) is 5.09 Å². The van der Waals surface area contributed by atoms with E-state index in [0.29, 0.717) is 11.1 Å². The number of nitrogens with two attached hydrogens (primary N) is 1. The van der Waals surface area contributed by atoms with Gasteiger partial charge in [-0.3, -0.25) is 0 Å². The van der Waals surface area contributed by atoms with Gasteiger partial charge in [-0.1, -0.05) is 48.5 Å². The predicted molar refractivity (Wildman–Crippen MR) is 73.0 cm³/mol. The van der Waals surface area contributed by atoms with E-state index in [-0.39, 0.29) is 5.09 Å². The molecule has 0 aliphatic rings. The zero-order valence-electron chi connectivity index (χ0n) is 9.91. The molecule has 19 heavy (non-hydrogen) atoms. The van der Waals surface area contributed by atoms with E-state index in [1.54, 1.807) is 12.1 Å². The van der Waals surface area contributed by atoms with E-state index in [0.717, 1.165) is 10.9 Å². The van der Waals surface area contributed by atoms with Crippen LogP contribution < -0.4 is 5.14 Å². The number of benzene rings is 2. The molecule has 0 radical (unpaired) electrons. The van der Waals surface area contributed by atoms with E-state index < -0.39 is 10.0 Å². The third-order valence-corrected chi connectivity index (χ3v) is 3.69. The zero-order chi connectivity index (χ0) is 13.5. The molecule has 1 heterocycles. The number of hydrogen-bond acceptors (Lipinski definition) is 3. The van der Waals surface area contributed by atoms with Crippen LogP contribution in [0.5, 0.6) is 0 Å². The Morgan fingerprint density at radius 2 is 1.53 bits per heavy atom. The Kier molecular flexibility index (Phi) is 2.66. The Hall–Kier alpha value is -2.11. The molecule has 2 N–H and O–H groups in total. The fourth-order valence-corrected chi connectivity index (χ4v) is 2.82. The molecule has 0 saturated carbocycles. The van der Waals surface area contributed by atoms with Crippen LogP contribution in [0.1, 0.15) is 0 Å². The molecule has 3 aromatic rings. The minimum absolute atomic E-state index is 0.195. The van der Waals surface area contributed by atoms with Gasteiger partial charge < -0.3 is 4.42 Å². The van der Waals surface area contributed by atoms with Gasteiger partial charge in [0.1, 0.15) is 5.58 Å². The lowest BCUT2D eigenvalue weighted by Crippen LogP contribution is -2.12. The number of hydrogen-bond donors (Lipinski definition) is 1. The van der Waals surface area contributed by atoms with Crippen molar-refractivity contribution in [2.24, 2.45) is 5.14 Å².